The van der Waals surface area contributed by atoms with E-state index < -0.39 is 0 Å². The van der Waals surface area contributed by atoms with Gasteiger partial charge in [-0.05, 0) is 30.9 Å². The fourth-order valence-electron chi connectivity index (χ4n) is 2.33. The molecule has 1 N–H and O–H groups in total. The number of hydrogen-bond acceptors (Lipinski definition) is 3. The van der Waals surface area contributed by atoms with Crippen molar-refractivity contribution in [1.82, 2.24) is 15.1 Å². The van der Waals surface area contributed by atoms with Crippen LogP contribution in [-0.4, -0.2) is 54.5 Å². The third-order valence-corrected chi connectivity index (χ3v) is 3.82. The Morgan fingerprint density at radius 2 is 1.90 bits per heavy atom. The number of carbonyl (C=O) groups excluding carboxylic acids is 2. The molecule has 0 unspecified atom stereocenters. The van der Waals surface area contributed by atoms with Gasteiger partial charge in [0, 0.05) is 32.7 Å². The fraction of sp³-hybridized carbons (Fsp3) is 0.571. The highest BCUT2D eigenvalue weighted by Gasteiger charge is 2.27. The Morgan fingerprint density at radius 3 is 2.50 bits per heavy atom. The van der Waals surface area contributed by atoms with Gasteiger partial charge >= 0.3 is 6.03 Å². The van der Waals surface area contributed by atoms with Crippen LogP contribution in [0.25, 0.3) is 0 Å². The van der Waals surface area contributed by atoms with Gasteiger partial charge in [-0.3, -0.25) is 4.79 Å². The van der Waals surface area contributed by atoms with Gasteiger partial charge in [-0.2, -0.15) is 0 Å². The molecule has 6 nitrogen and oxygen atoms in total. The molecule has 1 saturated heterocycles. The van der Waals surface area contributed by atoms with Crippen LogP contribution >= 0.6 is 0 Å². The van der Waals surface area contributed by atoms with Crippen molar-refractivity contribution in [2.24, 2.45) is 5.92 Å². The Hall–Kier alpha value is -1.98. The van der Waals surface area contributed by atoms with E-state index in [-0.39, 0.29) is 11.9 Å². The minimum Gasteiger partial charge on any atom is -0.459 e. The number of amides is 3. The summed E-state index contributed by atoms with van der Waals surface area (Å²) in [5.41, 5.74) is 0. The van der Waals surface area contributed by atoms with E-state index in [0.29, 0.717) is 37.9 Å². The predicted octanol–water partition coefficient (Wildman–Crippen LogP) is 1.16. The van der Waals surface area contributed by atoms with Crippen molar-refractivity contribution in [3.63, 3.8) is 0 Å². The zero-order chi connectivity index (χ0) is 13.9. The number of rotatable bonds is 3. The van der Waals surface area contributed by atoms with Crippen molar-refractivity contribution in [1.29, 1.82) is 0 Å². The summed E-state index contributed by atoms with van der Waals surface area (Å²) >= 11 is 0. The summed E-state index contributed by atoms with van der Waals surface area (Å²) in [7, 11) is 0. The molecular formula is C14H19N3O3. The molecule has 3 amide bonds. The van der Waals surface area contributed by atoms with Gasteiger partial charge in [0.05, 0.1) is 6.26 Å². The quantitative estimate of drug-likeness (QED) is 0.901. The highest BCUT2D eigenvalue weighted by Crippen LogP contribution is 2.27. The first-order chi connectivity index (χ1) is 9.74. The zero-order valence-corrected chi connectivity index (χ0v) is 11.4. The van der Waals surface area contributed by atoms with Gasteiger partial charge < -0.3 is 19.5 Å². The zero-order valence-electron chi connectivity index (χ0n) is 11.4. The molecule has 0 atom stereocenters. The van der Waals surface area contributed by atoms with E-state index in [1.165, 1.54) is 19.1 Å². The highest BCUT2D eigenvalue weighted by atomic mass is 16.3. The van der Waals surface area contributed by atoms with Crippen LogP contribution in [0, 0.1) is 5.92 Å². The largest absolute Gasteiger partial charge is 0.459 e. The fourth-order valence-corrected chi connectivity index (χ4v) is 2.33. The molecule has 3 rings (SSSR count). The first-order valence-electron chi connectivity index (χ1n) is 7.09. The topological polar surface area (TPSA) is 65.8 Å². The van der Waals surface area contributed by atoms with Crippen LogP contribution in [0.5, 0.6) is 0 Å². The number of piperazine rings is 1. The molecule has 2 fully saturated rings. The smallest absolute Gasteiger partial charge is 0.317 e. The van der Waals surface area contributed by atoms with Crippen LogP contribution in [0.3, 0.4) is 0 Å². The average Bonchev–Trinajstić information content (AvgIpc) is 3.16. The van der Waals surface area contributed by atoms with E-state index in [2.05, 4.69) is 5.32 Å². The van der Waals surface area contributed by atoms with Crippen LogP contribution < -0.4 is 5.32 Å². The number of urea groups is 1. The molecule has 0 spiro atoms. The molecule has 2 heterocycles. The second-order valence-electron chi connectivity index (χ2n) is 5.39. The molecular weight excluding hydrogens is 258 g/mol. The van der Waals surface area contributed by atoms with Crippen LogP contribution in [0.15, 0.2) is 22.8 Å². The summed E-state index contributed by atoms with van der Waals surface area (Å²) in [5, 5.41) is 2.95. The van der Waals surface area contributed by atoms with E-state index in [9.17, 15) is 9.59 Å². The molecule has 1 saturated carbocycles. The Labute approximate surface area is 117 Å². The maximum absolute atomic E-state index is 12.1. The first-order valence-corrected chi connectivity index (χ1v) is 7.09. The molecule has 108 valence electrons. The summed E-state index contributed by atoms with van der Waals surface area (Å²) in [6.07, 6.45) is 3.95. The predicted molar refractivity (Wildman–Crippen MR) is 72.3 cm³/mol. The number of carbonyl (C=O) groups is 2. The first kappa shape index (κ1) is 13.0. The molecule has 6 heteroatoms. The van der Waals surface area contributed by atoms with Crippen molar-refractivity contribution in [2.75, 3.05) is 32.7 Å². The SMILES string of the molecule is O=C(NCC1CC1)N1CCN(C(=O)c2ccco2)CC1. The lowest BCUT2D eigenvalue weighted by atomic mass is 10.3. The number of hydrogen-bond donors (Lipinski definition) is 1. The number of furan rings is 1. The van der Waals surface area contributed by atoms with Gasteiger partial charge in [0.15, 0.2) is 5.76 Å². The second kappa shape index (κ2) is 5.56. The molecule has 0 radical (unpaired) electrons. The summed E-state index contributed by atoms with van der Waals surface area (Å²) in [5.74, 6) is 0.936. The average molecular weight is 277 g/mol. The van der Waals surface area contributed by atoms with E-state index in [4.69, 9.17) is 4.42 Å². The monoisotopic (exact) mass is 277 g/mol. The van der Waals surface area contributed by atoms with Gasteiger partial charge in [0.2, 0.25) is 0 Å². The minimum absolute atomic E-state index is 0.0120. The van der Waals surface area contributed by atoms with E-state index in [1.54, 1.807) is 21.9 Å². The standard InChI is InChI=1S/C14H19N3O3/c18-13(12-2-1-9-20-12)16-5-7-17(8-6-16)14(19)15-10-11-3-4-11/h1-2,9,11H,3-8,10H2,(H,15,19). The Kier molecular flexibility index (Phi) is 3.62. The summed E-state index contributed by atoms with van der Waals surface area (Å²) in [6, 6.07) is 3.35. The van der Waals surface area contributed by atoms with Crippen LogP contribution in [-0.2, 0) is 0 Å². The maximum atomic E-state index is 12.1. The lowest BCUT2D eigenvalue weighted by Gasteiger charge is -2.34. The van der Waals surface area contributed by atoms with E-state index in [1.807, 2.05) is 0 Å². The van der Waals surface area contributed by atoms with Crippen molar-refractivity contribution >= 4 is 11.9 Å². The van der Waals surface area contributed by atoms with Crippen LogP contribution in [0.2, 0.25) is 0 Å². The summed E-state index contributed by atoms with van der Waals surface area (Å²) in [6.45, 7) is 3.03. The van der Waals surface area contributed by atoms with Gasteiger partial charge in [-0.1, -0.05) is 0 Å². The van der Waals surface area contributed by atoms with Crippen molar-refractivity contribution < 1.29 is 14.0 Å². The summed E-state index contributed by atoms with van der Waals surface area (Å²) < 4.78 is 5.11. The van der Waals surface area contributed by atoms with Crippen LogP contribution in [0.4, 0.5) is 4.79 Å². The normalized spacial score (nSPS) is 19.0. The third kappa shape index (κ3) is 2.95. The molecule has 1 aromatic rings. The maximum Gasteiger partial charge on any atom is 0.317 e. The Bertz CT molecular complexity index is 474. The molecule has 1 aliphatic heterocycles. The van der Waals surface area contributed by atoms with Crippen molar-refractivity contribution in [3.05, 3.63) is 24.2 Å². The Morgan fingerprint density at radius 1 is 1.20 bits per heavy atom. The molecule has 1 aliphatic carbocycles. The number of nitrogens with one attached hydrogen (secondary N) is 1. The van der Waals surface area contributed by atoms with Crippen LogP contribution in [0.1, 0.15) is 23.4 Å². The second-order valence-corrected chi connectivity index (χ2v) is 5.39. The van der Waals surface area contributed by atoms with Gasteiger partial charge in [-0.25, -0.2) is 4.79 Å². The molecule has 0 aromatic carbocycles. The van der Waals surface area contributed by atoms with E-state index >= 15 is 0 Å². The third-order valence-electron chi connectivity index (χ3n) is 3.82. The van der Waals surface area contributed by atoms with Gasteiger partial charge in [0.1, 0.15) is 0 Å². The Balaban J connectivity index is 1.46. The molecule has 2 aliphatic rings. The highest BCUT2D eigenvalue weighted by molar-refractivity contribution is 5.91. The molecule has 1 aromatic heterocycles. The van der Waals surface area contributed by atoms with E-state index in [0.717, 1.165) is 6.54 Å². The molecule has 20 heavy (non-hydrogen) atoms. The van der Waals surface area contributed by atoms with Gasteiger partial charge in [-0.15, -0.1) is 0 Å². The van der Waals surface area contributed by atoms with Gasteiger partial charge in [0.25, 0.3) is 5.91 Å². The summed E-state index contributed by atoms with van der Waals surface area (Å²) in [4.78, 5) is 27.5. The van der Waals surface area contributed by atoms with Crippen molar-refractivity contribution in [2.45, 2.75) is 12.8 Å². The van der Waals surface area contributed by atoms with Crippen molar-refractivity contribution in [3.8, 4) is 0 Å². The molecule has 0 bridgehead atoms. The number of nitrogens with zero attached hydrogens (tertiary/aromatic N) is 2. The minimum atomic E-state index is -0.104. The lowest BCUT2D eigenvalue weighted by molar-refractivity contribution is 0.0634. The lowest BCUT2D eigenvalue weighted by Crippen LogP contribution is -2.53.